The molecule has 0 aromatic carbocycles. The van der Waals surface area contributed by atoms with Crippen LogP contribution in [0.15, 0.2) is 18.3 Å². The van der Waals surface area contributed by atoms with E-state index in [1.54, 1.807) is 23.2 Å². The van der Waals surface area contributed by atoms with Crippen molar-refractivity contribution in [2.45, 2.75) is 40.5 Å². The quantitative estimate of drug-likeness (QED) is 0.847. The van der Waals surface area contributed by atoms with E-state index in [-0.39, 0.29) is 23.7 Å². The van der Waals surface area contributed by atoms with Crippen molar-refractivity contribution in [1.29, 1.82) is 5.26 Å². The Morgan fingerprint density at radius 3 is 2.48 bits per heavy atom. The fourth-order valence-corrected chi connectivity index (χ4v) is 3.61. The number of nitrogens with zero attached hydrogens (tertiary/aromatic N) is 3. The van der Waals surface area contributed by atoms with Gasteiger partial charge in [0.15, 0.2) is 0 Å². The van der Waals surface area contributed by atoms with E-state index < -0.39 is 5.41 Å². The van der Waals surface area contributed by atoms with Gasteiger partial charge in [-0.1, -0.05) is 27.7 Å². The molecule has 3 rings (SSSR count). The molecule has 2 atom stereocenters. The van der Waals surface area contributed by atoms with E-state index in [9.17, 15) is 14.9 Å². The van der Waals surface area contributed by atoms with Gasteiger partial charge in [0.2, 0.25) is 11.8 Å². The van der Waals surface area contributed by atoms with Crippen LogP contribution in [0.5, 0.6) is 0 Å². The molecule has 2 aliphatic rings. The summed E-state index contributed by atoms with van der Waals surface area (Å²) in [5.41, 5.74) is 5.43. The number of carbonyl (C=O) groups is 2. The zero-order chi connectivity index (χ0) is 20.2. The van der Waals surface area contributed by atoms with Crippen molar-refractivity contribution in [3.63, 3.8) is 0 Å². The van der Waals surface area contributed by atoms with E-state index in [2.05, 4.69) is 30.2 Å². The second-order valence-corrected chi connectivity index (χ2v) is 7.81. The molecule has 7 nitrogen and oxygen atoms in total. The Morgan fingerprint density at radius 1 is 1.37 bits per heavy atom. The van der Waals surface area contributed by atoms with Gasteiger partial charge in [0.05, 0.1) is 6.07 Å². The first-order valence-corrected chi connectivity index (χ1v) is 9.45. The van der Waals surface area contributed by atoms with Gasteiger partial charge in [-0.2, -0.15) is 5.26 Å². The van der Waals surface area contributed by atoms with E-state index in [1.807, 2.05) is 13.8 Å². The van der Waals surface area contributed by atoms with Crippen molar-refractivity contribution in [2.75, 3.05) is 23.7 Å². The second kappa shape index (κ2) is 8.38. The smallest absolute Gasteiger partial charge is 0.247 e. The molecule has 0 saturated carbocycles. The molecule has 2 unspecified atom stereocenters. The first-order chi connectivity index (χ1) is 12.7. The van der Waals surface area contributed by atoms with Crippen LogP contribution in [-0.2, 0) is 9.59 Å². The Bertz CT molecular complexity index is 740. The van der Waals surface area contributed by atoms with E-state index >= 15 is 0 Å². The average Bonchev–Trinajstić information content (AvgIpc) is 3.19. The van der Waals surface area contributed by atoms with Crippen molar-refractivity contribution in [1.82, 2.24) is 10.3 Å². The number of hydrogen-bond acceptors (Lipinski definition) is 5. The number of carbonyl (C=O) groups excluding carboxylic acids is 2. The lowest BCUT2D eigenvalue weighted by Gasteiger charge is -2.24. The molecule has 2 amide bonds. The molecule has 3 heterocycles. The number of nitriles is 1. The Morgan fingerprint density at radius 2 is 2.07 bits per heavy atom. The van der Waals surface area contributed by atoms with Crippen LogP contribution in [0, 0.1) is 34.5 Å². The summed E-state index contributed by atoms with van der Waals surface area (Å²) in [6.45, 7) is 9.43. The second-order valence-electron chi connectivity index (χ2n) is 7.81. The maximum absolute atomic E-state index is 12.5. The fraction of sp³-hybridized carbons (Fsp3) is 0.600. The maximum Gasteiger partial charge on any atom is 0.247 e. The fourth-order valence-electron chi connectivity index (χ4n) is 3.61. The minimum absolute atomic E-state index is 0.000755. The molecule has 2 fully saturated rings. The van der Waals surface area contributed by atoms with Crippen molar-refractivity contribution in [3.8, 4) is 6.07 Å². The van der Waals surface area contributed by atoms with Gasteiger partial charge in [-0.05, 0) is 30.7 Å². The number of anilines is 2. The van der Waals surface area contributed by atoms with E-state index in [1.165, 1.54) is 0 Å². The largest absolute Gasteiger partial charge is 0.384 e. The molecule has 0 aliphatic carbocycles. The number of amides is 2. The van der Waals surface area contributed by atoms with Crippen molar-refractivity contribution < 1.29 is 9.59 Å². The predicted molar refractivity (Wildman–Crippen MR) is 104 cm³/mol. The van der Waals surface area contributed by atoms with Gasteiger partial charge >= 0.3 is 0 Å². The standard InChI is InChI=1S/C13H16N4O.C7H13NO/c1-9(2)13(8-14)4-6-17(12(13)18)10-3-5-16-11(15)7-10;1-5(2)6-3-4-8-7(6)9/h3,5,7,9H,4,6H2,1-2H3,(H2,15,16);5-6H,3-4H2,1-2H3,(H,8,9). The SMILES string of the molecule is CC(C)C1(C#N)CCN(c2ccnc(N)c2)C1=O.CC(C)C1CCNC1=O. The van der Waals surface area contributed by atoms with Crippen LogP contribution in [0.4, 0.5) is 11.5 Å². The Labute approximate surface area is 160 Å². The summed E-state index contributed by atoms with van der Waals surface area (Å²) in [5.74, 6) is 1.27. The van der Waals surface area contributed by atoms with E-state index in [4.69, 9.17) is 5.73 Å². The zero-order valence-corrected chi connectivity index (χ0v) is 16.5. The van der Waals surface area contributed by atoms with Gasteiger partial charge in [-0.15, -0.1) is 0 Å². The third-order valence-corrected chi connectivity index (χ3v) is 5.51. The molecular formula is C20H29N5O2. The lowest BCUT2D eigenvalue weighted by Crippen LogP contribution is -2.37. The van der Waals surface area contributed by atoms with Gasteiger partial charge < -0.3 is 16.0 Å². The molecule has 1 aromatic rings. The van der Waals surface area contributed by atoms with Crippen LogP contribution < -0.4 is 16.0 Å². The zero-order valence-electron chi connectivity index (χ0n) is 16.5. The molecule has 0 bridgehead atoms. The molecule has 2 saturated heterocycles. The summed E-state index contributed by atoms with van der Waals surface area (Å²) in [5, 5.41) is 12.2. The van der Waals surface area contributed by atoms with Crippen molar-refractivity contribution in [2.24, 2.45) is 23.2 Å². The Kier molecular flexibility index (Phi) is 6.42. The number of aromatic nitrogens is 1. The van der Waals surface area contributed by atoms with E-state index in [0.717, 1.165) is 13.0 Å². The molecule has 1 aromatic heterocycles. The monoisotopic (exact) mass is 371 g/mol. The predicted octanol–water partition coefficient (Wildman–Crippen LogP) is 2.34. The highest BCUT2D eigenvalue weighted by Crippen LogP contribution is 2.40. The summed E-state index contributed by atoms with van der Waals surface area (Å²) in [6.07, 6.45) is 3.15. The van der Waals surface area contributed by atoms with Crippen molar-refractivity contribution >= 4 is 23.3 Å². The number of nitrogens with one attached hydrogen (secondary N) is 1. The lowest BCUT2D eigenvalue weighted by molar-refractivity contribution is -0.125. The third kappa shape index (κ3) is 4.21. The molecular weight excluding hydrogens is 342 g/mol. The maximum atomic E-state index is 12.5. The van der Waals surface area contributed by atoms with Crippen LogP contribution in [-0.4, -0.2) is 29.9 Å². The van der Waals surface area contributed by atoms with Crippen LogP contribution in [0.2, 0.25) is 0 Å². The van der Waals surface area contributed by atoms with Gasteiger partial charge in [-0.25, -0.2) is 4.98 Å². The molecule has 0 spiro atoms. The number of nitrogens with two attached hydrogens (primary N) is 1. The van der Waals surface area contributed by atoms with Crippen LogP contribution >= 0.6 is 0 Å². The third-order valence-electron chi connectivity index (χ3n) is 5.51. The summed E-state index contributed by atoms with van der Waals surface area (Å²) in [6, 6.07) is 5.60. The molecule has 7 heteroatoms. The Hall–Kier alpha value is -2.62. The minimum Gasteiger partial charge on any atom is -0.384 e. The highest BCUT2D eigenvalue weighted by atomic mass is 16.2. The highest BCUT2D eigenvalue weighted by Gasteiger charge is 2.49. The van der Waals surface area contributed by atoms with Crippen LogP contribution in [0.25, 0.3) is 0 Å². The molecule has 146 valence electrons. The van der Waals surface area contributed by atoms with Gasteiger partial charge in [-0.3, -0.25) is 9.59 Å². The number of hydrogen-bond donors (Lipinski definition) is 2. The number of pyridine rings is 1. The summed E-state index contributed by atoms with van der Waals surface area (Å²) in [4.78, 5) is 28.9. The van der Waals surface area contributed by atoms with Gasteiger partial charge in [0.1, 0.15) is 11.2 Å². The van der Waals surface area contributed by atoms with Crippen LogP contribution in [0.1, 0.15) is 40.5 Å². The average molecular weight is 371 g/mol. The normalized spacial score (nSPS) is 24.6. The van der Waals surface area contributed by atoms with Crippen molar-refractivity contribution in [3.05, 3.63) is 18.3 Å². The molecule has 27 heavy (non-hydrogen) atoms. The topological polar surface area (TPSA) is 112 Å². The van der Waals surface area contributed by atoms with Gasteiger partial charge in [0.25, 0.3) is 0 Å². The number of rotatable bonds is 3. The lowest BCUT2D eigenvalue weighted by atomic mass is 9.77. The molecule has 0 radical (unpaired) electrons. The van der Waals surface area contributed by atoms with Gasteiger partial charge in [0, 0.05) is 37.0 Å². The summed E-state index contributed by atoms with van der Waals surface area (Å²) < 4.78 is 0. The molecule has 2 aliphatic heterocycles. The molecule has 3 N–H and O–H groups in total. The minimum atomic E-state index is -0.905. The Balaban J connectivity index is 0.000000244. The number of nitrogen functional groups attached to an aromatic ring is 1. The van der Waals surface area contributed by atoms with Crippen LogP contribution in [0.3, 0.4) is 0 Å². The first kappa shape index (κ1) is 20.7. The summed E-state index contributed by atoms with van der Waals surface area (Å²) >= 11 is 0. The highest BCUT2D eigenvalue weighted by molar-refractivity contribution is 6.02. The summed E-state index contributed by atoms with van der Waals surface area (Å²) in [7, 11) is 0. The first-order valence-electron chi connectivity index (χ1n) is 9.45. The van der Waals surface area contributed by atoms with E-state index in [0.29, 0.717) is 30.4 Å².